The van der Waals surface area contributed by atoms with Crippen LogP contribution in [-0.2, 0) is 6.54 Å². The van der Waals surface area contributed by atoms with Crippen molar-refractivity contribution in [1.82, 2.24) is 9.99 Å². The Morgan fingerprint density at radius 2 is 1.82 bits per heavy atom. The number of anilines is 2. The predicted molar refractivity (Wildman–Crippen MR) is 98.6 cm³/mol. The summed E-state index contributed by atoms with van der Waals surface area (Å²) in [5, 5.41) is 24.9. The quantitative estimate of drug-likeness (QED) is 0.255. The molecule has 2 amide bonds. The van der Waals surface area contributed by atoms with Gasteiger partial charge in [0.25, 0.3) is 5.69 Å². The number of carbonyl (C=O) groups excluding carboxylic acids is 1. The zero-order valence-corrected chi connectivity index (χ0v) is 14.6. The number of thiophene rings is 1. The fourth-order valence-electron chi connectivity index (χ4n) is 2.12. The lowest BCUT2D eigenvalue weighted by Gasteiger charge is -2.06. The number of hydrogen-bond acceptors (Lipinski definition) is 8. The van der Waals surface area contributed by atoms with Crippen LogP contribution in [0.4, 0.5) is 21.2 Å². The smallest absolute Gasteiger partial charge is 0.340 e. The van der Waals surface area contributed by atoms with E-state index in [1.54, 1.807) is 0 Å². The minimum absolute atomic E-state index is 0.0205. The molecule has 0 saturated heterocycles. The van der Waals surface area contributed by atoms with Crippen molar-refractivity contribution >= 4 is 39.7 Å². The van der Waals surface area contributed by atoms with Gasteiger partial charge in [0, 0.05) is 22.7 Å². The molecule has 1 aromatic carbocycles. The predicted octanol–water partition coefficient (Wildman–Crippen LogP) is 0.949. The van der Waals surface area contributed by atoms with Crippen LogP contribution < -0.4 is 27.2 Å². The van der Waals surface area contributed by atoms with Crippen LogP contribution in [0.3, 0.4) is 0 Å². The van der Waals surface area contributed by atoms with Gasteiger partial charge in [0.05, 0.1) is 17.0 Å². The molecule has 3 rings (SSSR count). The number of non-ortho nitro benzene ring substituents is 1. The summed E-state index contributed by atoms with van der Waals surface area (Å²) in [5.74, 6) is -1.26. The molecular formula is C15H11N5O7S. The van der Waals surface area contributed by atoms with Gasteiger partial charge in [-0.2, -0.15) is 4.68 Å². The van der Waals surface area contributed by atoms with Crippen LogP contribution in [0.15, 0.2) is 39.9 Å². The molecule has 0 aliphatic heterocycles. The van der Waals surface area contributed by atoms with Crippen LogP contribution in [0, 0.1) is 10.1 Å². The standard InChI is InChI=1S/C15H11N5O7S/c21-12-13(22)19(12)18-11-10(14(23)24)5-9(28-11)6-16-15(25)17-7-1-3-8(4-2-7)20(26)27/h1-5,18H,6H2,(H,23,24)(H2,16,17,25). The molecule has 0 saturated carbocycles. The second-order valence-electron chi connectivity index (χ2n) is 5.43. The number of nitro groups is 1. The summed E-state index contributed by atoms with van der Waals surface area (Å²) in [5.41, 5.74) is 0.943. The van der Waals surface area contributed by atoms with Crippen LogP contribution in [0.1, 0.15) is 15.2 Å². The molecule has 4 N–H and O–H groups in total. The lowest BCUT2D eigenvalue weighted by atomic mass is 10.3. The van der Waals surface area contributed by atoms with E-state index in [9.17, 15) is 34.4 Å². The number of nitrogens with zero attached hydrogens (tertiary/aromatic N) is 2. The maximum atomic E-state index is 11.9. The summed E-state index contributed by atoms with van der Waals surface area (Å²) in [6.07, 6.45) is 0. The third kappa shape index (κ3) is 4.04. The van der Waals surface area contributed by atoms with Crippen LogP contribution in [0.5, 0.6) is 0 Å². The first-order valence-corrected chi connectivity index (χ1v) is 8.38. The molecule has 0 spiro atoms. The highest BCUT2D eigenvalue weighted by atomic mass is 32.1. The van der Waals surface area contributed by atoms with Gasteiger partial charge in [0.2, 0.25) is 0 Å². The maximum Gasteiger partial charge on any atom is 0.340 e. The van der Waals surface area contributed by atoms with Crippen LogP contribution in [0.25, 0.3) is 0 Å². The summed E-state index contributed by atoms with van der Waals surface area (Å²) in [4.78, 5) is 55.8. The van der Waals surface area contributed by atoms with E-state index in [1.165, 1.54) is 30.3 Å². The van der Waals surface area contributed by atoms with Gasteiger partial charge in [-0.25, -0.2) is 9.59 Å². The van der Waals surface area contributed by atoms with Crippen molar-refractivity contribution in [3.63, 3.8) is 0 Å². The maximum absolute atomic E-state index is 11.9. The first kappa shape index (κ1) is 18.8. The average molecular weight is 405 g/mol. The van der Waals surface area contributed by atoms with Gasteiger partial charge in [-0.3, -0.25) is 25.1 Å². The van der Waals surface area contributed by atoms with E-state index < -0.39 is 28.0 Å². The Labute approximate surface area is 158 Å². The molecule has 13 heteroatoms. The molecule has 0 aliphatic carbocycles. The summed E-state index contributed by atoms with van der Waals surface area (Å²) in [6, 6.07) is 5.91. The van der Waals surface area contributed by atoms with Crippen molar-refractivity contribution in [2.45, 2.75) is 6.54 Å². The molecule has 12 nitrogen and oxygen atoms in total. The van der Waals surface area contributed by atoms with Crippen molar-refractivity contribution in [3.05, 3.63) is 71.6 Å². The van der Waals surface area contributed by atoms with E-state index in [0.717, 1.165) is 11.3 Å². The molecule has 144 valence electrons. The van der Waals surface area contributed by atoms with Crippen molar-refractivity contribution in [1.29, 1.82) is 0 Å². The van der Waals surface area contributed by atoms with E-state index >= 15 is 0 Å². The molecule has 0 fully saturated rings. The number of aromatic carboxylic acids is 1. The number of nitrogens with one attached hydrogen (secondary N) is 3. The Morgan fingerprint density at radius 1 is 1.18 bits per heavy atom. The number of nitro benzene ring substituents is 1. The minimum Gasteiger partial charge on any atom is -0.478 e. The average Bonchev–Trinajstić information content (AvgIpc) is 3.05. The van der Waals surface area contributed by atoms with Crippen molar-refractivity contribution in [2.75, 3.05) is 10.7 Å². The van der Waals surface area contributed by atoms with E-state index in [-0.39, 0.29) is 22.8 Å². The van der Waals surface area contributed by atoms with E-state index in [2.05, 4.69) is 16.1 Å². The number of aromatic nitrogens is 1. The van der Waals surface area contributed by atoms with Gasteiger partial charge in [-0.05, 0) is 18.2 Å². The summed E-state index contributed by atoms with van der Waals surface area (Å²) < 4.78 is 0.677. The first-order chi connectivity index (χ1) is 13.3. The van der Waals surface area contributed by atoms with E-state index in [4.69, 9.17) is 0 Å². The fraction of sp³-hybridized carbons (Fsp3) is 0.0667. The number of hydrogen-bond donors (Lipinski definition) is 4. The number of carboxylic acids is 1. The van der Waals surface area contributed by atoms with Crippen LogP contribution >= 0.6 is 11.3 Å². The van der Waals surface area contributed by atoms with Gasteiger partial charge in [0.15, 0.2) is 0 Å². The van der Waals surface area contributed by atoms with Gasteiger partial charge in [0.1, 0.15) is 5.00 Å². The van der Waals surface area contributed by atoms with Crippen LogP contribution in [-0.4, -0.2) is 26.7 Å². The van der Waals surface area contributed by atoms with Gasteiger partial charge < -0.3 is 15.7 Å². The lowest BCUT2D eigenvalue weighted by molar-refractivity contribution is -0.384. The van der Waals surface area contributed by atoms with Gasteiger partial charge in [-0.1, -0.05) is 0 Å². The lowest BCUT2D eigenvalue weighted by Crippen LogP contribution is -2.27. The topological polar surface area (TPSA) is 173 Å². The molecular weight excluding hydrogens is 394 g/mol. The second kappa shape index (κ2) is 7.32. The third-order valence-electron chi connectivity index (χ3n) is 3.53. The molecule has 28 heavy (non-hydrogen) atoms. The Morgan fingerprint density at radius 3 is 2.36 bits per heavy atom. The summed E-state index contributed by atoms with van der Waals surface area (Å²) >= 11 is 0.958. The molecule has 0 unspecified atom stereocenters. The van der Waals surface area contributed by atoms with Gasteiger partial charge >= 0.3 is 23.1 Å². The van der Waals surface area contributed by atoms with E-state index in [0.29, 0.717) is 15.2 Å². The number of urea groups is 1. The SMILES string of the molecule is O=C(NCc1cc(C(=O)O)c(Nn2c(=O)c2=O)s1)Nc1ccc([N+](=O)[O-])cc1. The number of amides is 2. The number of carbonyl (C=O) groups is 2. The number of carboxylic acid groups (broad SMARTS) is 1. The number of rotatable bonds is 7. The Bertz CT molecular complexity index is 1110. The Balaban J connectivity index is 1.62. The Hall–Kier alpha value is -4.00. The molecule has 0 bridgehead atoms. The number of benzene rings is 1. The van der Waals surface area contributed by atoms with Crippen molar-refractivity contribution in [2.24, 2.45) is 0 Å². The molecule has 2 heterocycles. The zero-order chi connectivity index (χ0) is 20.4. The van der Waals surface area contributed by atoms with Gasteiger partial charge in [-0.15, -0.1) is 11.3 Å². The zero-order valence-electron chi connectivity index (χ0n) is 13.8. The highest BCUT2D eigenvalue weighted by molar-refractivity contribution is 7.16. The monoisotopic (exact) mass is 405 g/mol. The largest absolute Gasteiger partial charge is 0.478 e. The van der Waals surface area contributed by atoms with Crippen molar-refractivity contribution < 1.29 is 19.6 Å². The first-order valence-electron chi connectivity index (χ1n) is 7.56. The summed E-state index contributed by atoms with van der Waals surface area (Å²) in [6.45, 7) is -0.0205. The highest BCUT2D eigenvalue weighted by Crippen LogP contribution is 2.28. The Kier molecular flexibility index (Phi) is 4.91. The highest BCUT2D eigenvalue weighted by Gasteiger charge is 2.21. The summed E-state index contributed by atoms with van der Waals surface area (Å²) in [7, 11) is 0. The third-order valence-corrected chi connectivity index (χ3v) is 4.56. The molecule has 3 aromatic rings. The molecule has 0 aliphatic rings. The molecule has 0 atom stereocenters. The fourth-order valence-corrected chi connectivity index (χ4v) is 3.09. The molecule has 0 radical (unpaired) electrons. The van der Waals surface area contributed by atoms with E-state index in [1.807, 2.05) is 0 Å². The normalized spacial score (nSPS) is 10.6. The minimum atomic E-state index is -1.26. The molecule has 2 aromatic heterocycles. The van der Waals surface area contributed by atoms with Crippen LogP contribution in [0.2, 0.25) is 0 Å². The van der Waals surface area contributed by atoms with Crippen molar-refractivity contribution in [3.8, 4) is 0 Å². The second-order valence-corrected chi connectivity index (χ2v) is 6.57.